The van der Waals surface area contributed by atoms with Crippen LogP contribution in [0.25, 0.3) is 0 Å². The van der Waals surface area contributed by atoms with E-state index in [1.54, 1.807) is 7.11 Å². The number of carboxylic acids is 1. The zero-order chi connectivity index (χ0) is 10.6. The molecule has 1 aliphatic rings. The van der Waals surface area contributed by atoms with Crippen molar-refractivity contribution in [1.82, 2.24) is 4.90 Å². The molecule has 1 atom stereocenters. The minimum absolute atomic E-state index is 0.315. The van der Waals surface area contributed by atoms with Crippen LogP contribution in [0.15, 0.2) is 0 Å². The van der Waals surface area contributed by atoms with Crippen molar-refractivity contribution >= 4 is 5.97 Å². The largest absolute Gasteiger partial charge is 0.481 e. The van der Waals surface area contributed by atoms with E-state index < -0.39 is 5.97 Å². The maximum atomic E-state index is 10.4. The van der Waals surface area contributed by atoms with Gasteiger partial charge in [0, 0.05) is 33.4 Å². The fourth-order valence-corrected chi connectivity index (χ4v) is 1.98. The van der Waals surface area contributed by atoms with E-state index in [4.69, 9.17) is 9.84 Å². The third kappa shape index (κ3) is 3.64. The molecular formula is C10H19NO3. The normalized spacial score (nSPS) is 20.4. The van der Waals surface area contributed by atoms with E-state index in [0.29, 0.717) is 18.3 Å². The number of methoxy groups -OCH3 is 1. The number of carbonyl (C=O) groups is 1. The van der Waals surface area contributed by atoms with E-state index in [2.05, 4.69) is 11.8 Å². The molecule has 82 valence electrons. The molecule has 1 fully saturated rings. The van der Waals surface area contributed by atoms with E-state index >= 15 is 0 Å². The Labute approximate surface area is 84.8 Å². The Morgan fingerprint density at radius 3 is 2.79 bits per heavy atom. The second kappa shape index (κ2) is 5.32. The summed E-state index contributed by atoms with van der Waals surface area (Å²) < 4.78 is 5.04. The topological polar surface area (TPSA) is 49.8 Å². The summed E-state index contributed by atoms with van der Waals surface area (Å²) >= 11 is 0. The van der Waals surface area contributed by atoms with Crippen molar-refractivity contribution < 1.29 is 14.6 Å². The van der Waals surface area contributed by atoms with Crippen molar-refractivity contribution in [3.05, 3.63) is 0 Å². The summed E-state index contributed by atoms with van der Waals surface area (Å²) in [4.78, 5) is 12.7. The molecule has 1 saturated heterocycles. The van der Waals surface area contributed by atoms with Crippen LogP contribution in [-0.4, -0.2) is 49.3 Å². The van der Waals surface area contributed by atoms with Gasteiger partial charge in [0.15, 0.2) is 0 Å². The number of hydrogen-bond acceptors (Lipinski definition) is 3. The molecule has 1 unspecified atom stereocenters. The Morgan fingerprint density at radius 1 is 1.64 bits per heavy atom. The van der Waals surface area contributed by atoms with Crippen molar-refractivity contribution in [3.8, 4) is 0 Å². The first-order valence-corrected chi connectivity index (χ1v) is 5.05. The molecule has 1 N–H and O–H groups in total. The minimum atomic E-state index is -0.681. The van der Waals surface area contributed by atoms with Gasteiger partial charge in [0.05, 0.1) is 6.42 Å². The average molecular weight is 201 g/mol. The van der Waals surface area contributed by atoms with Crippen molar-refractivity contribution in [2.45, 2.75) is 13.3 Å². The predicted molar refractivity (Wildman–Crippen MR) is 53.2 cm³/mol. The van der Waals surface area contributed by atoms with Gasteiger partial charge in [-0.2, -0.15) is 0 Å². The summed E-state index contributed by atoms with van der Waals surface area (Å²) in [5, 5.41) is 8.56. The van der Waals surface area contributed by atoms with Gasteiger partial charge in [-0.1, -0.05) is 6.92 Å². The van der Waals surface area contributed by atoms with Crippen LogP contribution in [0.2, 0.25) is 0 Å². The highest BCUT2D eigenvalue weighted by Gasteiger charge is 2.28. The molecule has 1 aliphatic heterocycles. The van der Waals surface area contributed by atoms with Gasteiger partial charge < -0.3 is 14.7 Å². The molecule has 4 heteroatoms. The smallest absolute Gasteiger partial charge is 0.303 e. The molecule has 0 amide bonds. The molecule has 1 heterocycles. The summed E-state index contributed by atoms with van der Waals surface area (Å²) in [7, 11) is 1.71. The standard InChI is InChI=1S/C10H19NO3/c1-8(7-14-2)4-11-5-9(6-11)3-10(12)13/h8-9H,3-7H2,1-2H3,(H,12,13). The fraction of sp³-hybridized carbons (Fsp3) is 0.900. The van der Waals surface area contributed by atoms with E-state index in [0.717, 1.165) is 26.2 Å². The highest BCUT2D eigenvalue weighted by atomic mass is 16.5. The average Bonchev–Trinajstić information content (AvgIpc) is 2.00. The Bertz CT molecular complexity index is 190. The second-order valence-electron chi connectivity index (χ2n) is 4.24. The first kappa shape index (κ1) is 11.5. The van der Waals surface area contributed by atoms with E-state index in [9.17, 15) is 4.79 Å². The maximum Gasteiger partial charge on any atom is 0.303 e. The first-order chi connectivity index (χ1) is 6.61. The first-order valence-electron chi connectivity index (χ1n) is 5.05. The van der Waals surface area contributed by atoms with Crippen LogP contribution in [0.1, 0.15) is 13.3 Å². The third-order valence-corrected chi connectivity index (χ3v) is 2.52. The molecule has 0 aromatic rings. The quantitative estimate of drug-likeness (QED) is 0.686. The van der Waals surface area contributed by atoms with Gasteiger partial charge in [0.1, 0.15) is 0 Å². The van der Waals surface area contributed by atoms with Crippen LogP contribution >= 0.6 is 0 Å². The molecule has 0 bridgehead atoms. The van der Waals surface area contributed by atoms with Gasteiger partial charge in [-0.15, -0.1) is 0 Å². The lowest BCUT2D eigenvalue weighted by Crippen LogP contribution is -2.49. The SMILES string of the molecule is COCC(C)CN1CC(CC(=O)O)C1. The highest BCUT2D eigenvalue weighted by molar-refractivity contribution is 5.67. The molecule has 14 heavy (non-hydrogen) atoms. The van der Waals surface area contributed by atoms with Crippen LogP contribution in [0, 0.1) is 11.8 Å². The highest BCUT2D eigenvalue weighted by Crippen LogP contribution is 2.19. The molecule has 0 radical (unpaired) electrons. The molecule has 0 aliphatic carbocycles. The monoisotopic (exact) mass is 201 g/mol. The second-order valence-corrected chi connectivity index (χ2v) is 4.24. The van der Waals surface area contributed by atoms with Crippen molar-refractivity contribution in [3.63, 3.8) is 0 Å². The Morgan fingerprint density at radius 2 is 2.29 bits per heavy atom. The van der Waals surface area contributed by atoms with Crippen molar-refractivity contribution in [2.75, 3.05) is 33.4 Å². The van der Waals surface area contributed by atoms with Crippen molar-refractivity contribution in [1.29, 1.82) is 0 Å². The third-order valence-electron chi connectivity index (χ3n) is 2.52. The lowest BCUT2D eigenvalue weighted by molar-refractivity contribution is -0.139. The lowest BCUT2D eigenvalue weighted by atomic mass is 9.95. The zero-order valence-corrected chi connectivity index (χ0v) is 8.90. The van der Waals surface area contributed by atoms with Crippen LogP contribution in [0.5, 0.6) is 0 Å². The van der Waals surface area contributed by atoms with E-state index in [1.165, 1.54) is 0 Å². The summed E-state index contributed by atoms with van der Waals surface area (Å²) in [5.41, 5.74) is 0. The summed E-state index contributed by atoms with van der Waals surface area (Å²) in [6.45, 7) is 5.80. The van der Waals surface area contributed by atoms with E-state index in [1.807, 2.05) is 0 Å². The molecule has 4 nitrogen and oxygen atoms in total. The molecule has 0 spiro atoms. The molecule has 0 saturated carbocycles. The maximum absolute atomic E-state index is 10.4. The number of rotatable bonds is 6. The van der Waals surface area contributed by atoms with Crippen molar-refractivity contribution in [2.24, 2.45) is 11.8 Å². The fourth-order valence-electron chi connectivity index (χ4n) is 1.98. The molecule has 0 aromatic carbocycles. The van der Waals surface area contributed by atoms with Crippen LogP contribution in [-0.2, 0) is 9.53 Å². The van der Waals surface area contributed by atoms with Gasteiger partial charge in [-0.3, -0.25) is 4.79 Å². The Hall–Kier alpha value is -0.610. The Kier molecular flexibility index (Phi) is 4.35. The van der Waals surface area contributed by atoms with Gasteiger partial charge in [0.2, 0.25) is 0 Å². The van der Waals surface area contributed by atoms with Gasteiger partial charge in [0.25, 0.3) is 0 Å². The minimum Gasteiger partial charge on any atom is -0.481 e. The molecule has 0 aromatic heterocycles. The molecular weight excluding hydrogens is 182 g/mol. The van der Waals surface area contributed by atoms with E-state index in [-0.39, 0.29) is 0 Å². The zero-order valence-electron chi connectivity index (χ0n) is 8.90. The van der Waals surface area contributed by atoms with Gasteiger partial charge in [-0.25, -0.2) is 0 Å². The van der Waals surface area contributed by atoms with Gasteiger partial charge >= 0.3 is 5.97 Å². The van der Waals surface area contributed by atoms with Crippen LogP contribution < -0.4 is 0 Å². The van der Waals surface area contributed by atoms with Crippen LogP contribution in [0.3, 0.4) is 0 Å². The number of nitrogens with zero attached hydrogens (tertiary/aromatic N) is 1. The summed E-state index contributed by atoms with van der Waals surface area (Å²) in [6, 6.07) is 0. The number of carboxylic acid groups (broad SMARTS) is 1. The summed E-state index contributed by atoms with van der Waals surface area (Å²) in [5.74, 6) is 0.215. The number of aliphatic carboxylic acids is 1. The number of likely N-dealkylation sites (tertiary alicyclic amines) is 1. The lowest BCUT2D eigenvalue weighted by Gasteiger charge is -2.39. The number of ether oxygens (including phenoxy) is 1. The van der Waals surface area contributed by atoms with Crippen LogP contribution in [0.4, 0.5) is 0 Å². The summed E-state index contributed by atoms with van der Waals surface area (Å²) in [6.07, 6.45) is 0.315. The predicted octanol–water partition coefficient (Wildman–Crippen LogP) is 0.675. The van der Waals surface area contributed by atoms with Gasteiger partial charge in [-0.05, 0) is 11.8 Å². The number of hydrogen-bond donors (Lipinski definition) is 1. The Balaban J connectivity index is 2.06. The molecule has 1 rings (SSSR count).